The Morgan fingerprint density at radius 1 is 1.25 bits per heavy atom. The van der Waals surface area contributed by atoms with Crippen molar-refractivity contribution in [3.8, 4) is 0 Å². The van der Waals surface area contributed by atoms with Crippen molar-refractivity contribution in [3.63, 3.8) is 0 Å². The van der Waals surface area contributed by atoms with E-state index < -0.39 is 17.6 Å². The van der Waals surface area contributed by atoms with Crippen LogP contribution in [0.4, 0.5) is 13.2 Å². The van der Waals surface area contributed by atoms with Crippen molar-refractivity contribution in [2.45, 2.75) is 0 Å². The van der Waals surface area contributed by atoms with E-state index in [9.17, 15) is 13.2 Å². The summed E-state index contributed by atoms with van der Waals surface area (Å²) in [4.78, 5) is 0. The van der Waals surface area contributed by atoms with Crippen LogP contribution in [0.2, 0.25) is 0 Å². The molecule has 0 unspecified atom stereocenters. The molecule has 0 N–H and O–H groups in total. The number of hydrogen-bond acceptors (Lipinski definition) is 1. The third-order valence-electron chi connectivity index (χ3n) is 0.615. The number of hydrogen-bond donors (Lipinski definition) is 0. The predicted octanol–water partition coefficient (Wildman–Crippen LogP) is 1.04. The van der Waals surface area contributed by atoms with Crippen molar-refractivity contribution in [1.29, 1.82) is 0 Å². The molecule has 1 rings (SSSR count). The maximum atomic E-state index is 11.6. The van der Waals surface area contributed by atoms with Crippen molar-refractivity contribution in [2.24, 2.45) is 0 Å². The molecular weight excluding hydrogens is 120 g/mol. The average molecular weight is 120 g/mol. The number of rotatable bonds is 0. The van der Waals surface area contributed by atoms with E-state index in [0.717, 1.165) is 0 Å². The fourth-order valence-corrected chi connectivity index (χ4v) is 0.320. The monoisotopic (exact) mass is 120 g/mol. The molecule has 0 saturated heterocycles. The molecule has 1 aromatic heterocycles. The maximum absolute atomic E-state index is 11.6. The van der Waals surface area contributed by atoms with Gasteiger partial charge >= 0.3 is 42.1 Å². The quantitative estimate of drug-likeness (QED) is 0.498. The summed E-state index contributed by atoms with van der Waals surface area (Å²) in [7, 11) is 0. The van der Waals surface area contributed by atoms with Gasteiger partial charge in [0, 0.05) is 0 Å². The molecule has 1 aromatic rings. The van der Waals surface area contributed by atoms with E-state index >= 15 is 0 Å². The summed E-state index contributed by atoms with van der Waals surface area (Å²) in [6.07, 6.45) is 0. The van der Waals surface area contributed by atoms with Gasteiger partial charge in [0.15, 0.2) is 0 Å². The molecule has 0 saturated carbocycles. The summed E-state index contributed by atoms with van der Waals surface area (Å²) in [5, 5.41) is 0. The molecule has 0 atom stereocenters. The van der Waals surface area contributed by atoms with Crippen molar-refractivity contribution in [3.05, 3.63) is 17.6 Å². The Balaban J connectivity index is 3.14. The van der Waals surface area contributed by atoms with Crippen LogP contribution in [0.1, 0.15) is 0 Å². The molecular formula is C3BF3O. The van der Waals surface area contributed by atoms with Crippen molar-refractivity contribution in [1.82, 2.24) is 0 Å². The Hall–Kier alpha value is -0.735. The van der Waals surface area contributed by atoms with E-state index in [1.54, 1.807) is 0 Å². The summed E-state index contributed by atoms with van der Waals surface area (Å²) in [5.41, 5.74) is -1.30. The molecule has 0 fully saturated rings. The van der Waals surface area contributed by atoms with Gasteiger partial charge in [0.25, 0.3) is 0 Å². The van der Waals surface area contributed by atoms with Crippen molar-refractivity contribution < 1.29 is 17.6 Å². The average Bonchev–Trinajstić information content (AvgIpc) is 1.85. The first kappa shape index (κ1) is 5.40. The van der Waals surface area contributed by atoms with Crippen LogP contribution in [0, 0.1) is 17.6 Å². The first-order valence-electron chi connectivity index (χ1n) is 1.80. The van der Waals surface area contributed by atoms with Gasteiger partial charge in [-0.2, -0.15) is 0 Å². The molecule has 0 radical (unpaired) electrons. The van der Waals surface area contributed by atoms with E-state index in [2.05, 4.69) is 4.42 Å². The van der Waals surface area contributed by atoms with Crippen LogP contribution in [-0.2, 0) is 0 Å². The van der Waals surface area contributed by atoms with Gasteiger partial charge in [0.2, 0.25) is 0 Å². The molecule has 0 aliphatic rings. The van der Waals surface area contributed by atoms with Gasteiger partial charge < -0.3 is 0 Å². The second-order valence-corrected chi connectivity index (χ2v) is 1.17. The molecule has 0 bridgehead atoms. The van der Waals surface area contributed by atoms with Gasteiger partial charge in [-0.05, 0) is 0 Å². The van der Waals surface area contributed by atoms with Gasteiger partial charge in [-0.15, -0.1) is 0 Å². The summed E-state index contributed by atoms with van der Waals surface area (Å²) in [6.45, 7) is 0.329. The number of halogens is 3. The zero-order chi connectivity index (χ0) is 6.15. The molecule has 0 aliphatic heterocycles. The van der Waals surface area contributed by atoms with Crippen LogP contribution in [-0.4, -0.2) is 6.91 Å². The normalized spacial score (nSPS) is 9.38. The Labute approximate surface area is 43.3 Å². The van der Waals surface area contributed by atoms with Gasteiger partial charge in [-0.3, -0.25) is 0 Å². The Kier molecular flexibility index (Phi) is 1.11. The molecule has 8 heavy (non-hydrogen) atoms. The zero-order valence-corrected chi connectivity index (χ0v) is 3.62. The Morgan fingerprint density at radius 3 is 2.00 bits per heavy atom. The third-order valence-corrected chi connectivity index (χ3v) is 0.615. The van der Waals surface area contributed by atoms with Crippen molar-refractivity contribution in [2.75, 3.05) is 0 Å². The predicted molar refractivity (Wildman–Crippen MR) is 19.9 cm³/mol. The van der Waals surface area contributed by atoms with Gasteiger partial charge in [0.05, 0.1) is 0 Å². The molecule has 1 nitrogen and oxygen atoms in total. The Bertz CT molecular complexity index is 177. The van der Waals surface area contributed by atoms with Crippen LogP contribution in [0.3, 0.4) is 0 Å². The van der Waals surface area contributed by atoms with E-state index in [1.165, 1.54) is 0 Å². The van der Waals surface area contributed by atoms with E-state index in [0.29, 0.717) is 6.91 Å². The second-order valence-electron chi connectivity index (χ2n) is 1.17. The summed E-state index contributed by atoms with van der Waals surface area (Å²) >= 11 is 0. The topological polar surface area (TPSA) is 13.1 Å². The zero-order valence-electron chi connectivity index (χ0n) is 3.62. The van der Waals surface area contributed by atoms with Crippen LogP contribution in [0.15, 0.2) is 4.42 Å². The van der Waals surface area contributed by atoms with E-state index in [1.807, 2.05) is 0 Å². The van der Waals surface area contributed by atoms with Gasteiger partial charge in [-0.1, -0.05) is 0 Å². The summed E-state index contributed by atoms with van der Waals surface area (Å²) in [5.74, 6) is -1.25. The minimum atomic E-state index is -1.51. The van der Waals surface area contributed by atoms with Crippen LogP contribution in [0.25, 0.3) is 0 Å². The van der Waals surface area contributed by atoms with E-state index in [4.69, 9.17) is 0 Å². The standard InChI is InChI=1S/C3BF3O/c5-1-2(6)8-3(7)4-1. The van der Waals surface area contributed by atoms with Crippen molar-refractivity contribution >= 4 is 6.91 Å². The Morgan fingerprint density at radius 2 is 1.88 bits per heavy atom. The molecule has 0 spiro atoms. The molecule has 0 amide bonds. The summed E-state index contributed by atoms with van der Waals surface area (Å²) in [6, 6.07) is -1.51. The van der Waals surface area contributed by atoms with Crippen LogP contribution in [0.5, 0.6) is 0 Å². The fraction of sp³-hybridized carbons (Fsp3) is 0. The summed E-state index contributed by atoms with van der Waals surface area (Å²) < 4.78 is 38.2. The van der Waals surface area contributed by atoms with Gasteiger partial charge in [0.1, 0.15) is 0 Å². The van der Waals surface area contributed by atoms with E-state index in [-0.39, 0.29) is 0 Å². The minimum absolute atomic E-state index is 0.329. The first-order valence-corrected chi connectivity index (χ1v) is 1.80. The van der Waals surface area contributed by atoms with Crippen LogP contribution >= 0.6 is 0 Å². The second kappa shape index (κ2) is 1.65. The van der Waals surface area contributed by atoms with Gasteiger partial charge in [-0.25, -0.2) is 0 Å². The third kappa shape index (κ3) is 0.755. The van der Waals surface area contributed by atoms with Crippen LogP contribution < -0.4 is 0 Å². The fourth-order valence-electron chi connectivity index (χ4n) is 0.320. The molecule has 1 heterocycles. The first-order chi connectivity index (χ1) is 3.70. The molecule has 5 heteroatoms. The molecule has 0 aromatic carbocycles. The molecule has 42 valence electrons. The SMILES string of the molecule is Fc1bc(F)c(F)o1. The molecule has 0 aliphatic carbocycles.